The van der Waals surface area contributed by atoms with Gasteiger partial charge in [-0.25, -0.2) is 0 Å². The van der Waals surface area contributed by atoms with Gasteiger partial charge in [0, 0.05) is 22.8 Å². The molecule has 0 aliphatic rings. The van der Waals surface area contributed by atoms with E-state index in [1.807, 2.05) is 19.1 Å². The van der Waals surface area contributed by atoms with Crippen LogP contribution in [0.5, 0.6) is 0 Å². The van der Waals surface area contributed by atoms with E-state index < -0.39 is 4.92 Å². The molecule has 130 valence electrons. The molecular weight excluding hydrogens is 330 g/mol. The van der Waals surface area contributed by atoms with Crippen LogP contribution in [0.25, 0.3) is 17.4 Å². The fourth-order valence-electron chi connectivity index (χ4n) is 2.53. The van der Waals surface area contributed by atoms with Crippen molar-refractivity contribution < 1.29 is 14.1 Å². The van der Waals surface area contributed by atoms with Gasteiger partial charge in [-0.3, -0.25) is 14.9 Å². The second-order valence-electron chi connectivity index (χ2n) is 6.02. The van der Waals surface area contributed by atoms with E-state index in [1.54, 1.807) is 49.4 Å². The van der Waals surface area contributed by atoms with Gasteiger partial charge in [0.2, 0.25) is 0 Å². The third kappa shape index (κ3) is 3.78. The number of ketones is 1. The lowest BCUT2D eigenvalue weighted by atomic mass is 10.1. The average Bonchev–Trinajstić information content (AvgIpc) is 3.09. The Morgan fingerprint density at radius 1 is 1.04 bits per heavy atom. The minimum Gasteiger partial charge on any atom is -0.457 e. The molecule has 5 heteroatoms. The number of nitrogens with zero attached hydrogens (tertiary/aromatic N) is 1. The number of carbonyl (C=O) groups excluding carboxylic acids is 1. The summed E-state index contributed by atoms with van der Waals surface area (Å²) in [5.41, 5.74) is 2.95. The van der Waals surface area contributed by atoms with Crippen molar-refractivity contribution in [2.75, 3.05) is 0 Å². The third-order valence-electron chi connectivity index (χ3n) is 4.05. The molecule has 26 heavy (non-hydrogen) atoms. The number of nitro benzene ring substituents is 1. The zero-order valence-corrected chi connectivity index (χ0v) is 14.4. The van der Waals surface area contributed by atoms with Crippen molar-refractivity contribution in [1.82, 2.24) is 0 Å². The van der Waals surface area contributed by atoms with E-state index in [0.29, 0.717) is 28.2 Å². The number of rotatable bonds is 5. The number of allylic oxidation sites excluding steroid dienone is 1. The lowest BCUT2D eigenvalue weighted by Crippen LogP contribution is -1.93. The molecule has 0 unspecified atom stereocenters. The SMILES string of the molecule is Cc1ccc(C(=O)/C=C/c2ccc(-c3ccc(C)c([N+](=O)[O-])c3)o2)cc1. The molecule has 0 fully saturated rings. The maximum atomic E-state index is 12.2. The van der Waals surface area contributed by atoms with Crippen LogP contribution in [0.2, 0.25) is 0 Å². The number of hydrogen-bond acceptors (Lipinski definition) is 4. The highest BCUT2D eigenvalue weighted by atomic mass is 16.6. The van der Waals surface area contributed by atoms with Crippen LogP contribution in [0.15, 0.2) is 65.1 Å². The van der Waals surface area contributed by atoms with E-state index in [-0.39, 0.29) is 11.5 Å². The Morgan fingerprint density at radius 3 is 2.46 bits per heavy atom. The molecule has 0 atom stereocenters. The smallest absolute Gasteiger partial charge is 0.273 e. The van der Waals surface area contributed by atoms with Crippen LogP contribution < -0.4 is 0 Å². The molecule has 1 aromatic heterocycles. The maximum absolute atomic E-state index is 12.2. The van der Waals surface area contributed by atoms with Gasteiger partial charge in [0.05, 0.1) is 4.92 Å². The second-order valence-corrected chi connectivity index (χ2v) is 6.02. The number of benzene rings is 2. The predicted molar refractivity (Wildman–Crippen MR) is 100 cm³/mol. The van der Waals surface area contributed by atoms with Crippen molar-refractivity contribution in [1.29, 1.82) is 0 Å². The highest BCUT2D eigenvalue weighted by molar-refractivity contribution is 6.06. The lowest BCUT2D eigenvalue weighted by Gasteiger charge is -2.00. The molecule has 0 spiro atoms. The summed E-state index contributed by atoms with van der Waals surface area (Å²) >= 11 is 0. The lowest BCUT2D eigenvalue weighted by molar-refractivity contribution is -0.385. The normalized spacial score (nSPS) is 11.0. The minimum absolute atomic E-state index is 0.0468. The Morgan fingerprint density at radius 2 is 1.77 bits per heavy atom. The fraction of sp³-hybridized carbons (Fsp3) is 0.0952. The van der Waals surface area contributed by atoms with Crippen LogP contribution in [0, 0.1) is 24.0 Å². The summed E-state index contributed by atoms with van der Waals surface area (Å²) in [4.78, 5) is 22.8. The van der Waals surface area contributed by atoms with Gasteiger partial charge in [-0.1, -0.05) is 42.0 Å². The number of aryl methyl sites for hydroxylation is 2. The zero-order chi connectivity index (χ0) is 18.7. The predicted octanol–water partition coefficient (Wildman–Crippen LogP) is 5.37. The summed E-state index contributed by atoms with van der Waals surface area (Å²) in [6.45, 7) is 3.65. The first-order chi connectivity index (χ1) is 12.4. The van der Waals surface area contributed by atoms with Gasteiger partial charge in [0.15, 0.2) is 5.78 Å². The van der Waals surface area contributed by atoms with Crippen molar-refractivity contribution >= 4 is 17.5 Å². The van der Waals surface area contributed by atoms with Crippen molar-refractivity contribution in [3.63, 3.8) is 0 Å². The summed E-state index contributed by atoms with van der Waals surface area (Å²) in [5, 5.41) is 11.1. The number of furan rings is 1. The van der Waals surface area contributed by atoms with Crippen LogP contribution in [0.1, 0.15) is 27.2 Å². The molecule has 0 radical (unpaired) electrons. The first-order valence-corrected chi connectivity index (χ1v) is 8.08. The van der Waals surface area contributed by atoms with Crippen LogP contribution in [-0.4, -0.2) is 10.7 Å². The van der Waals surface area contributed by atoms with Crippen LogP contribution in [0.3, 0.4) is 0 Å². The van der Waals surface area contributed by atoms with E-state index >= 15 is 0 Å². The molecular formula is C21H17NO4. The molecule has 0 amide bonds. The quantitative estimate of drug-likeness (QED) is 0.269. The zero-order valence-electron chi connectivity index (χ0n) is 14.4. The van der Waals surface area contributed by atoms with Gasteiger partial charge in [0.1, 0.15) is 11.5 Å². The highest BCUT2D eigenvalue weighted by Gasteiger charge is 2.13. The van der Waals surface area contributed by atoms with Crippen molar-refractivity contribution in [3.8, 4) is 11.3 Å². The molecule has 3 rings (SSSR count). The Labute approximate surface area is 150 Å². The van der Waals surface area contributed by atoms with E-state index in [2.05, 4.69) is 0 Å². The molecule has 0 N–H and O–H groups in total. The third-order valence-corrected chi connectivity index (χ3v) is 4.05. The van der Waals surface area contributed by atoms with E-state index in [1.165, 1.54) is 12.1 Å². The Kier molecular flexibility index (Phi) is 4.80. The largest absolute Gasteiger partial charge is 0.457 e. The van der Waals surface area contributed by atoms with Crippen LogP contribution in [-0.2, 0) is 0 Å². The van der Waals surface area contributed by atoms with E-state index in [0.717, 1.165) is 5.56 Å². The minimum atomic E-state index is -0.414. The van der Waals surface area contributed by atoms with Gasteiger partial charge in [-0.05, 0) is 38.1 Å². The van der Waals surface area contributed by atoms with E-state index in [9.17, 15) is 14.9 Å². The number of hydrogen-bond donors (Lipinski definition) is 0. The van der Waals surface area contributed by atoms with Crippen molar-refractivity contribution in [2.24, 2.45) is 0 Å². The van der Waals surface area contributed by atoms with Crippen molar-refractivity contribution in [2.45, 2.75) is 13.8 Å². The first-order valence-electron chi connectivity index (χ1n) is 8.08. The van der Waals surface area contributed by atoms with Gasteiger partial charge in [-0.2, -0.15) is 0 Å². The highest BCUT2D eigenvalue weighted by Crippen LogP contribution is 2.28. The number of nitro groups is 1. The van der Waals surface area contributed by atoms with Gasteiger partial charge >= 0.3 is 0 Å². The number of carbonyl (C=O) groups is 1. The fourth-order valence-corrected chi connectivity index (χ4v) is 2.53. The monoisotopic (exact) mass is 347 g/mol. The first kappa shape index (κ1) is 17.4. The van der Waals surface area contributed by atoms with Gasteiger partial charge < -0.3 is 4.42 Å². The second kappa shape index (κ2) is 7.19. The molecule has 2 aromatic carbocycles. The summed E-state index contributed by atoms with van der Waals surface area (Å²) in [6, 6.07) is 15.7. The standard InChI is InChI=1S/C21H17NO4/c1-14-3-6-16(7-4-14)20(23)11-9-18-10-12-21(26-18)17-8-5-15(2)19(13-17)22(24)25/h3-13H,1-2H3/b11-9+. The topological polar surface area (TPSA) is 73.3 Å². The molecule has 0 aliphatic heterocycles. The van der Waals surface area contributed by atoms with Crippen LogP contribution >= 0.6 is 0 Å². The summed E-state index contributed by atoms with van der Waals surface area (Å²) in [7, 11) is 0. The summed E-state index contributed by atoms with van der Waals surface area (Å²) in [5.74, 6) is 0.896. The van der Waals surface area contributed by atoms with Crippen LogP contribution in [0.4, 0.5) is 5.69 Å². The van der Waals surface area contributed by atoms with Gasteiger partial charge in [0.25, 0.3) is 5.69 Å². The van der Waals surface area contributed by atoms with Gasteiger partial charge in [-0.15, -0.1) is 0 Å². The van der Waals surface area contributed by atoms with E-state index in [4.69, 9.17) is 4.42 Å². The summed E-state index contributed by atoms with van der Waals surface area (Å²) in [6.07, 6.45) is 3.04. The molecule has 0 bridgehead atoms. The summed E-state index contributed by atoms with van der Waals surface area (Å²) < 4.78 is 5.69. The molecule has 5 nitrogen and oxygen atoms in total. The molecule has 0 saturated carbocycles. The molecule has 3 aromatic rings. The average molecular weight is 347 g/mol. The Hall–Kier alpha value is -3.47. The Balaban J connectivity index is 1.80. The molecule has 1 heterocycles. The molecule has 0 saturated heterocycles. The Bertz CT molecular complexity index is 997. The maximum Gasteiger partial charge on any atom is 0.273 e. The van der Waals surface area contributed by atoms with Crippen molar-refractivity contribution in [3.05, 3.63) is 93.2 Å². The molecule has 0 aliphatic carbocycles.